The molecule has 1 aromatic heterocycles. The molecule has 1 aliphatic rings. The molecule has 2 N–H and O–H groups in total. The molecule has 0 unspecified atom stereocenters. The molecule has 2 aromatic carbocycles. The first-order valence-corrected chi connectivity index (χ1v) is 11.7. The van der Waals surface area contributed by atoms with E-state index in [0.717, 1.165) is 42.1 Å². The molecule has 2 heterocycles. The number of H-pyrrole nitrogens is 1. The summed E-state index contributed by atoms with van der Waals surface area (Å²) in [5.41, 5.74) is 4.59. The molecule has 0 bridgehead atoms. The van der Waals surface area contributed by atoms with E-state index in [1.165, 1.54) is 11.1 Å². The molecule has 1 amide bonds. The molecule has 6 nitrogen and oxygen atoms in total. The second-order valence-corrected chi connectivity index (χ2v) is 9.22. The van der Waals surface area contributed by atoms with Gasteiger partial charge in [-0.3, -0.25) is 9.69 Å². The molecule has 0 radical (unpaired) electrons. The standard InChI is InChI=1S/C24H30N4O2S/c1-3-17-8-10-18(11-9-17)15-28-16-19(14-22(28)23(29)25-12-13-30-2)31-24-26-20-6-4-5-7-21(20)27-24/h4-11,19,22H,3,12-16H2,1-2H3,(H,25,29)(H,26,27)/t19-,22+/m1/s1. The second-order valence-electron chi connectivity index (χ2n) is 7.93. The van der Waals surface area contributed by atoms with Crippen molar-refractivity contribution in [1.29, 1.82) is 0 Å². The lowest BCUT2D eigenvalue weighted by molar-refractivity contribution is -0.125. The number of benzene rings is 2. The minimum Gasteiger partial charge on any atom is -0.383 e. The van der Waals surface area contributed by atoms with Gasteiger partial charge in [-0.05, 0) is 36.1 Å². The number of nitrogens with one attached hydrogen (secondary N) is 2. The average Bonchev–Trinajstić information content (AvgIpc) is 3.37. The summed E-state index contributed by atoms with van der Waals surface area (Å²) in [6.07, 6.45) is 1.83. The van der Waals surface area contributed by atoms with Gasteiger partial charge in [-0.2, -0.15) is 0 Å². The molecule has 4 rings (SSSR count). The highest BCUT2D eigenvalue weighted by atomic mass is 32.2. The van der Waals surface area contributed by atoms with Gasteiger partial charge in [0.25, 0.3) is 0 Å². The van der Waals surface area contributed by atoms with Gasteiger partial charge in [0.1, 0.15) is 0 Å². The second kappa shape index (κ2) is 10.3. The number of rotatable bonds is 9. The maximum Gasteiger partial charge on any atom is 0.237 e. The number of carbonyl (C=O) groups excluding carboxylic acids is 1. The molecule has 0 saturated carbocycles. The van der Waals surface area contributed by atoms with Crippen LogP contribution < -0.4 is 5.32 Å². The predicted molar refractivity (Wildman–Crippen MR) is 125 cm³/mol. The number of amides is 1. The number of hydrogen-bond donors (Lipinski definition) is 2. The van der Waals surface area contributed by atoms with E-state index in [2.05, 4.69) is 46.4 Å². The zero-order chi connectivity index (χ0) is 21.6. The van der Waals surface area contributed by atoms with Crippen LogP contribution >= 0.6 is 11.8 Å². The number of aromatic nitrogens is 2. The zero-order valence-electron chi connectivity index (χ0n) is 18.1. The van der Waals surface area contributed by atoms with Gasteiger partial charge in [0, 0.05) is 32.0 Å². The molecule has 0 spiro atoms. The Morgan fingerprint density at radius 1 is 1.23 bits per heavy atom. The van der Waals surface area contributed by atoms with E-state index < -0.39 is 0 Å². The SMILES string of the molecule is CCc1ccc(CN2C[C@H](Sc3nc4ccccc4[nH]3)C[C@H]2C(=O)NCCOC)cc1. The summed E-state index contributed by atoms with van der Waals surface area (Å²) in [6.45, 7) is 4.83. The number of aryl methyl sites for hydroxylation is 1. The third-order valence-corrected chi connectivity index (χ3v) is 6.83. The van der Waals surface area contributed by atoms with Gasteiger partial charge in [-0.15, -0.1) is 0 Å². The molecule has 1 aliphatic heterocycles. The van der Waals surface area contributed by atoms with Crippen molar-refractivity contribution in [3.63, 3.8) is 0 Å². The number of para-hydroxylation sites is 2. The monoisotopic (exact) mass is 438 g/mol. The van der Waals surface area contributed by atoms with Crippen LogP contribution in [0.4, 0.5) is 0 Å². The van der Waals surface area contributed by atoms with E-state index in [1.807, 2.05) is 24.3 Å². The maximum absolute atomic E-state index is 12.9. The van der Waals surface area contributed by atoms with E-state index in [9.17, 15) is 4.79 Å². The van der Waals surface area contributed by atoms with Crippen molar-refractivity contribution in [2.24, 2.45) is 0 Å². The van der Waals surface area contributed by atoms with Gasteiger partial charge in [-0.1, -0.05) is 55.1 Å². The lowest BCUT2D eigenvalue weighted by Gasteiger charge is -2.23. The summed E-state index contributed by atoms with van der Waals surface area (Å²) in [5.74, 6) is 0.0786. The summed E-state index contributed by atoms with van der Waals surface area (Å²) < 4.78 is 5.08. The first kappa shape index (κ1) is 21.9. The van der Waals surface area contributed by atoms with Crippen molar-refractivity contribution in [3.05, 3.63) is 59.7 Å². The van der Waals surface area contributed by atoms with Crippen LogP contribution in [0.1, 0.15) is 24.5 Å². The van der Waals surface area contributed by atoms with Crippen molar-refractivity contribution < 1.29 is 9.53 Å². The van der Waals surface area contributed by atoms with E-state index >= 15 is 0 Å². The molecule has 31 heavy (non-hydrogen) atoms. The summed E-state index contributed by atoms with van der Waals surface area (Å²) in [6, 6.07) is 16.6. The predicted octanol–water partition coefficient (Wildman–Crippen LogP) is 3.62. The van der Waals surface area contributed by atoms with Crippen molar-refractivity contribution in [1.82, 2.24) is 20.2 Å². The molecule has 1 fully saturated rings. The van der Waals surface area contributed by atoms with Crippen LogP contribution in [0.15, 0.2) is 53.7 Å². The molecule has 7 heteroatoms. The number of thioether (sulfide) groups is 1. The number of imidazole rings is 1. The molecule has 3 aromatic rings. The van der Waals surface area contributed by atoms with Gasteiger partial charge in [0.05, 0.1) is 23.7 Å². The minimum atomic E-state index is -0.149. The Bertz CT molecular complexity index is 971. The fourth-order valence-corrected chi connectivity index (χ4v) is 5.23. The van der Waals surface area contributed by atoms with Crippen molar-refractivity contribution in [2.75, 3.05) is 26.8 Å². The number of hydrogen-bond acceptors (Lipinski definition) is 5. The van der Waals surface area contributed by atoms with Gasteiger partial charge in [-0.25, -0.2) is 4.98 Å². The Morgan fingerprint density at radius 3 is 2.74 bits per heavy atom. The number of ether oxygens (including phenoxy) is 1. The van der Waals surface area contributed by atoms with Crippen LogP contribution in [0.5, 0.6) is 0 Å². The fraction of sp³-hybridized carbons (Fsp3) is 0.417. The molecular weight excluding hydrogens is 408 g/mol. The van der Waals surface area contributed by atoms with Gasteiger partial charge < -0.3 is 15.0 Å². The number of nitrogens with zero attached hydrogens (tertiary/aromatic N) is 2. The summed E-state index contributed by atoms with van der Waals surface area (Å²) in [5, 5.41) is 4.24. The van der Waals surface area contributed by atoms with Gasteiger partial charge in [0.15, 0.2) is 5.16 Å². The summed E-state index contributed by atoms with van der Waals surface area (Å²) in [4.78, 5) is 23.3. The van der Waals surface area contributed by atoms with Crippen LogP contribution in [0.2, 0.25) is 0 Å². The van der Waals surface area contributed by atoms with E-state index in [4.69, 9.17) is 9.72 Å². The van der Waals surface area contributed by atoms with Crippen LogP contribution in [-0.2, 0) is 22.5 Å². The first-order chi connectivity index (χ1) is 15.2. The molecule has 164 valence electrons. The van der Waals surface area contributed by atoms with Crippen LogP contribution in [-0.4, -0.2) is 58.9 Å². The Labute approximate surface area is 187 Å². The first-order valence-electron chi connectivity index (χ1n) is 10.9. The smallest absolute Gasteiger partial charge is 0.237 e. The quantitative estimate of drug-likeness (QED) is 0.500. The Kier molecular flexibility index (Phi) is 7.27. The van der Waals surface area contributed by atoms with Crippen molar-refractivity contribution in [3.8, 4) is 0 Å². The van der Waals surface area contributed by atoms with Gasteiger partial charge in [0.2, 0.25) is 5.91 Å². The highest BCUT2D eigenvalue weighted by Gasteiger charge is 2.37. The number of fused-ring (bicyclic) bond motifs is 1. The number of aromatic amines is 1. The number of methoxy groups -OCH3 is 1. The zero-order valence-corrected chi connectivity index (χ0v) is 19.0. The van der Waals surface area contributed by atoms with E-state index in [1.54, 1.807) is 18.9 Å². The Balaban J connectivity index is 1.46. The van der Waals surface area contributed by atoms with Gasteiger partial charge >= 0.3 is 0 Å². The maximum atomic E-state index is 12.9. The van der Waals surface area contributed by atoms with Crippen molar-refractivity contribution >= 4 is 28.7 Å². The van der Waals surface area contributed by atoms with E-state index in [-0.39, 0.29) is 11.9 Å². The van der Waals surface area contributed by atoms with Crippen molar-refractivity contribution in [2.45, 2.75) is 42.8 Å². The summed E-state index contributed by atoms with van der Waals surface area (Å²) in [7, 11) is 1.65. The number of carbonyl (C=O) groups is 1. The van der Waals surface area contributed by atoms with E-state index in [0.29, 0.717) is 18.4 Å². The van der Waals surface area contributed by atoms with Crippen LogP contribution in [0, 0.1) is 0 Å². The molecule has 1 saturated heterocycles. The topological polar surface area (TPSA) is 70.2 Å². The fourth-order valence-electron chi connectivity index (χ4n) is 4.05. The third kappa shape index (κ3) is 5.47. The Hall–Kier alpha value is -2.35. The largest absolute Gasteiger partial charge is 0.383 e. The molecular formula is C24H30N4O2S. The third-order valence-electron chi connectivity index (χ3n) is 5.74. The molecule has 2 atom stereocenters. The highest BCUT2D eigenvalue weighted by molar-refractivity contribution is 7.99. The van der Waals surface area contributed by atoms with Crippen LogP contribution in [0.25, 0.3) is 11.0 Å². The number of likely N-dealkylation sites (tertiary alicyclic amines) is 1. The lowest BCUT2D eigenvalue weighted by Crippen LogP contribution is -2.43. The molecule has 0 aliphatic carbocycles. The Morgan fingerprint density at radius 2 is 2.00 bits per heavy atom. The summed E-state index contributed by atoms with van der Waals surface area (Å²) >= 11 is 1.73. The average molecular weight is 439 g/mol. The minimum absolute atomic E-state index is 0.0786. The lowest BCUT2D eigenvalue weighted by atomic mass is 10.1. The highest BCUT2D eigenvalue weighted by Crippen LogP contribution is 2.33. The van der Waals surface area contributed by atoms with Crippen LogP contribution in [0.3, 0.4) is 0 Å². The normalized spacial score (nSPS) is 19.2.